The number of carbonyl (C=O) groups excluding carboxylic acids is 1. The minimum Gasteiger partial charge on any atom is -0.497 e. The van der Waals surface area contributed by atoms with Gasteiger partial charge in [-0.15, -0.1) is 0 Å². The van der Waals surface area contributed by atoms with Crippen molar-refractivity contribution in [1.29, 1.82) is 0 Å². The number of methoxy groups -OCH3 is 1. The van der Waals surface area contributed by atoms with Crippen LogP contribution >= 0.6 is 0 Å². The maximum Gasteiger partial charge on any atom is 0.256 e. The lowest BCUT2D eigenvalue weighted by Gasteiger charge is -2.25. The normalized spacial score (nSPS) is 18.8. The van der Waals surface area contributed by atoms with Crippen molar-refractivity contribution < 1.29 is 9.53 Å². The topological polar surface area (TPSA) is 60.2 Å². The van der Waals surface area contributed by atoms with E-state index in [1.807, 2.05) is 25.1 Å². The highest BCUT2D eigenvalue weighted by atomic mass is 16.5. The van der Waals surface area contributed by atoms with Gasteiger partial charge in [-0.3, -0.25) is 4.79 Å². The number of hydrogen-bond acceptors (Lipinski definition) is 4. The second-order valence-electron chi connectivity index (χ2n) is 8.82. The highest BCUT2D eigenvalue weighted by Gasteiger charge is 2.32. The summed E-state index contributed by atoms with van der Waals surface area (Å²) < 4.78 is 7.61. The third-order valence-corrected chi connectivity index (χ3v) is 6.67. The largest absolute Gasteiger partial charge is 0.497 e. The van der Waals surface area contributed by atoms with Gasteiger partial charge in [0.05, 0.1) is 12.7 Å². The number of amides is 1. The summed E-state index contributed by atoms with van der Waals surface area (Å²) in [5, 5.41) is 0. The van der Waals surface area contributed by atoms with E-state index in [4.69, 9.17) is 14.7 Å². The summed E-state index contributed by atoms with van der Waals surface area (Å²) in [4.78, 5) is 25.5. The number of fused-ring (bicyclic) bond motifs is 3. The van der Waals surface area contributed by atoms with Crippen LogP contribution in [0.1, 0.15) is 59.5 Å². The van der Waals surface area contributed by atoms with Gasteiger partial charge >= 0.3 is 0 Å². The lowest BCUT2D eigenvalue weighted by atomic mass is 10.0. The molecule has 0 saturated carbocycles. The van der Waals surface area contributed by atoms with Crippen LogP contribution in [-0.4, -0.2) is 45.0 Å². The van der Waals surface area contributed by atoms with Crippen molar-refractivity contribution in [3.8, 4) is 5.75 Å². The van der Waals surface area contributed by atoms with Crippen LogP contribution in [0, 0.1) is 6.92 Å². The van der Waals surface area contributed by atoms with E-state index in [2.05, 4.69) is 21.6 Å². The molecule has 162 valence electrons. The summed E-state index contributed by atoms with van der Waals surface area (Å²) in [6.45, 7) is 3.71. The summed E-state index contributed by atoms with van der Waals surface area (Å²) in [5.74, 6) is 2.03. The van der Waals surface area contributed by atoms with Crippen LogP contribution in [0.15, 0.2) is 30.3 Å². The Bertz CT molecular complexity index is 1120. The van der Waals surface area contributed by atoms with Gasteiger partial charge in [0, 0.05) is 31.2 Å². The molecule has 1 unspecified atom stereocenters. The van der Waals surface area contributed by atoms with Gasteiger partial charge in [0.2, 0.25) is 0 Å². The quantitative estimate of drug-likeness (QED) is 0.633. The lowest BCUT2D eigenvalue weighted by Crippen LogP contribution is -2.37. The Morgan fingerprint density at radius 1 is 1.13 bits per heavy atom. The minimum atomic E-state index is 0.0918. The molecular weight excluding hydrogens is 388 g/mol. The molecule has 0 radical (unpaired) electrons. The van der Waals surface area contributed by atoms with E-state index in [-0.39, 0.29) is 11.9 Å². The molecule has 1 fully saturated rings. The zero-order valence-electron chi connectivity index (χ0n) is 18.4. The average molecular weight is 419 g/mol. The monoisotopic (exact) mass is 418 g/mol. The fourth-order valence-corrected chi connectivity index (χ4v) is 5.12. The number of aromatic nitrogens is 3. The van der Waals surface area contributed by atoms with Crippen molar-refractivity contribution in [2.45, 2.75) is 64.5 Å². The molecule has 2 aliphatic rings. The number of carbonyl (C=O) groups is 1. The smallest absolute Gasteiger partial charge is 0.256 e. The van der Waals surface area contributed by atoms with Gasteiger partial charge < -0.3 is 14.2 Å². The van der Waals surface area contributed by atoms with Gasteiger partial charge in [0.1, 0.15) is 17.1 Å². The number of nitrogens with zero attached hydrogens (tertiary/aromatic N) is 4. The molecule has 0 bridgehead atoms. The summed E-state index contributed by atoms with van der Waals surface area (Å²) in [6, 6.07) is 10.3. The minimum absolute atomic E-state index is 0.0918. The molecule has 2 aliphatic heterocycles. The van der Waals surface area contributed by atoms with E-state index in [0.29, 0.717) is 5.56 Å². The van der Waals surface area contributed by atoms with Gasteiger partial charge in [-0.25, -0.2) is 9.97 Å². The highest BCUT2D eigenvalue weighted by molar-refractivity contribution is 6.04. The van der Waals surface area contributed by atoms with Gasteiger partial charge in [-0.1, -0.05) is 18.6 Å². The second kappa shape index (κ2) is 8.33. The van der Waals surface area contributed by atoms with Crippen molar-refractivity contribution >= 4 is 17.1 Å². The van der Waals surface area contributed by atoms with Gasteiger partial charge in [-0.05, 0) is 62.8 Å². The Kier molecular flexibility index (Phi) is 5.38. The fourth-order valence-electron chi connectivity index (χ4n) is 5.12. The fraction of sp³-hybridized carbons (Fsp3) is 0.480. The van der Waals surface area contributed by atoms with E-state index in [1.54, 1.807) is 7.11 Å². The van der Waals surface area contributed by atoms with Crippen molar-refractivity contribution in [2.75, 3.05) is 13.7 Å². The van der Waals surface area contributed by atoms with Crippen LogP contribution in [0.4, 0.5) is 0 Å². The predicted octanol–water partition coefficient (Wildman–Crippen LogP) is 4.32. The number of aryl methyl sites for hydroxylation is 3. The molecule has 2 aromatic heterocycles. The van der Waals surface area contributed by atoms with Crippen LogP contribution in [0.2, 0.25) is 0 Å². The molecule has 6 heteroatoms. The number of rotatable bonds is 4. The summed E-state index contributed by atoms with van der Waals surface area (Å²) in [6.07, 6.45) is 7.39. The molecule has 1 saturated heterocycles. The summed E-state index contributed by atoms with van der Waals surface area (Å²) in [7, 11) is 1.69. The van der Waals surface area contributed by atoms with Crippen LogP contribution in [0.3, 0.4) is 0 Å². The van der Waals surface area contributed by atoms with E-state index in [1.165, 1.54) is 12.0 Å². The molecule has 31 heavy (non-hydrogen) atoms. The van der Waals surface area contributed by atoms with Crippen molar-refractivity contribution in [1.82, 2.24) is 19.4 Å². The summed E-state index contributed by atoms with van der Waals surface area (Å²) >= 11 is 0. The van der Waals surface area contributed by atoms with Crippen LogP contribution < -0.4 is 4.74 Å². The number of pyridine rings is 1. The molecule has 4 heterocycles. The molecule has 1 atom stereocenters. The first kappa shape index (κ1) is 20.0. The van der Waals surface area contributed by atoms with Gasteiger partial charge in [0.25, 0.3) is 5.91 Å². The zero-order valence-corrected chi connectivity index (χ0v) is 18.4. The molecule has 3 aromatic rings. The number of imidazole rings is 1. The Morgan fingerprint density at radius 3 is 2.90 bits per heavy atom. The molecular formula is C25H30N4O2. The third kappa shape index (κ3) is 3.80. The SMILES string of the molecule is COc1cccc(CC2CCCN2C(=O)c2cc(C)nc3c2nc2n3CCCCC2)c1. The number of hydrogen-bond donors (Lipinski definition) is 0. The van der Waals surface area contributed by atoms with E-state index < -0.39 is 0 Å². The molecule has 1 aromatic carbocycles. The Morgan fingerprint density at radius 2 is 2.03 bits per heavy atom. The van der Waals surface area contributed by atoms with Crippen molar-refractivity contribution in [3.05, 3.63) is 53.0 Å². The first-order chi connectivity index (χ1) is 15.1. The van der Waals surface area contributed by atoms with E-state index in [0.717, 1.165) is 80.0 Å². The first-order valence-corrected chi connectivity index (χ1v) is 11.4. The van der Waals surface area contributed by atoms with Gasteiger partial charge in [-0.2, -0.15) is 0 Å². The Hall–Kier alpha value is -2.89. The Labute approximate surface area is 183 Å². The standard InChI is InChI=1S/C25H30N4O2/c1-17-14-21(23-24(26-17)29-12-5-3-4-11-22(29)27-23)25(30)28-13-7-9-19(28)15-18-8-6-10-20(16-18)31-2/h6,8,10,14,16,19H,3-5,7,9,11-13,15H2,1-2H3. The number of ether oxygens (including phenoxy) is 1. The van der Waals surface area contributed by atoms with Crippen LogP contribution in [0.5, 0.6) is 5.75 Å². The number of likely N-dealkylation sites (tertiary alicyclic amines) is 1. The van der Waals surface area contributed by atoms with Crippen molar-refractivity contribution in [3.63, 3.8) is 0 Å². The summed E-state index contributed by atoms with van der Waals surface area (Å²) in [5.41, 5.74) is 4.45. The van der Waals surface area contributed by atoms with Crippen LogP contribution in [-0.2, 0) is 19.4 Å². The average Bonchev–Trinajstić information content (AvgIpc) is 3.29. The molecule has 5 rings (SSSR count). The maximum atomic E-state index is 13.7. The van der Waals surface area contributed by atoms with Crippen LogP contribution in [0.25, 0.3) is 11.2 Å². The lowest BCUT2D eigenvalue weighted by molar-refractivity contribution is 0.0738. The van der Waals surface area contributed by atoms with E-state index in [9.17, 15) is 4.79 Å². The third-order valence-electron chi connectivity index (χ3n) is 6.67. The molecule has 6 nitrogen and oxygen atoms in total. The first-order valence-electron chi connectivity index (χ1n) is 11.4. The van der Waals surface area contributed by atoms with Gasteiger partial charge in [0.15, 0.2) is 5.65 Å². The maximum absolute atomic E-state index is 13.7. The van der Waals surface area contributed by atoms with Crippen molar-refractivity contribution in [2.24, 2.45) is 0 Å². The molecule has 0 spiro atoms. The Balaban J connectivity index is 1.47. The van der Waals surface area contributed by atoms with E-state index >= 15 is 0 Å². The number of benzene rings is 1. The second-order valence-corrected chi connectivity index (χ2v) is 8.82. The predicted molar refractivity (Wildman–Crippen MR) is 121 cm³/mol. The molecule has 0 N–H and O–H groups in total. The zero-order chi connectivity index (χ0) is 21.4. The molecule has 1 amide bonds. The highest BCUT2D eigenvalue weighted by Crippen LogP contribution is 2.29. The molecule has 0 aliphatic carbocycles.